The van der Waals surface area contributed by atoms with Crippen LogP contribution in [-0.2, 0) is 6.54 Å². The van der Waals surface area contributed by atoms with Crippen LogP contribution in [0.2, 0.25) is 0 Å². The van der Waals surface area contributed by atoms with E-state index in [1.807, 2.05) is 0 Å². The summed E-state index contributed by atoms with van der Waals surface area (Å²) in [5, 5.41) is 31.3. The lowest BCUT2D eigenvalue weighted by Gasteiger charge is -2.20. The largest absolute Gasteiger partial charge is 0.433 e. The number of aliphatic hydroxyl groups excluding tert-OH is 1. The number of nitro groups is 1. The second-order valence-electron chi connectivity index (χ2n) is 3.76. The molecule has 1 aromatic rings. The molecule has 0 aromatic carbocycles. The van der Waals surface area contributed by atoms with Gasteiger partial charge in [-0.3, -0.25) is 10.1 Å². The van der Waals surface area contributed by atoms with E-state index < -0.39 is 10.5 Å². The summed E-state index contributed by atoms with van der Waals surface area (Å²) in [5.74, 6) is 0.0890. The van der Waals surface area contributed by atoms with Crippen LogP contribution in [0.25, 0.3) is 0 Å². The molecule has 0 aliphatic carbocycles. The summed E-state index contributed by atoms with van der Waals surface area (Å²) in [6, 6.07) is 2.75. The molecule has 0 fully saturated rings. The summed E-state index contributed by atoms with van der Waals surface area (Å²) in [6.45, 7) is 1.53. The molecule has 0 spiro atoms. The van der Waals surface area contributed by atoms with E-state index >= 15 is 0 Å². The fraction of sp³-hybridized carbons (Fsp3) is 0.556. The van der Waals surface area contributed by atoms with Gasteiger partial charge in [-0.1, -0.05) is 0 Å². The third-order valence-electron chi connectivity index (χ3n) is 1.97. The highest BCUT2D eigenvalue weighted by Gasteiger charge is 2.18. The Bertz CT molecular complexity index is 361. The van der Waals surface area contributed by atoms with Gasteiger partial charge in [0.2, 0.25) is 0 Å². The second-order valence-corrected chi connectivity index (χ2v) is 3.76. The van der Waals surface area contributed by atoms with Crippen molar-refractivity contribution in [2.75, 3.05) is 13.2 Å². The third kappa shape index (κ3) is 3.61. The van der Waals surface area contributed by atoms with Crippen LogP contribution in [-0.4, -0.2) is 33.9 Å². The quantitative estimate of drug-likeness (QED) is 0.469. The number of nitrogens with one attached hydrogen (secondary N) is 1. The molecule has 0 bridgehead atoms. The SMILES string of the molecule is CC(O)(CO)CNCc1ccc([N+](=O)[O-])o1. The summed E-state index contributed by atoms with van der Waals surface area (Å²) in [6.07, 6.45) is 0. The lowest BCUT2D eigenvalue weighted by atomic mass is 10.1. The van der Waals surface area contributed by atoms with Gasteiger partial charge in [-0.05, 0) is 13.0 Å². The first-order chi connectivity index (χ1) is 7.44. The molecule has 0 aliphatic rings. The lowest BCUT2D eigenvalue weighted by molar-refractivity contribution is -0.402. The Labute approximate surface area is 91.8 Å². The Kier molecular flexibility index (Phi) is 3.99. The van der Waals surface area contributed by atoms with Gasteiger partial charge in [-0.25, -0.2) is 0 Å². The average Bonchev–Trinajstić information content (AvgIpc) is 2.66. The Hall–Kier alpha value is -1.44. The summed E-state index contributed by atoms with van der Waals surface area (Å²) in [4.78, 5) is 9.69. The normalized spacial score (nSPS) is 14.7. The molecule has 0 aliphatic heterocycles. The average molecular weight is 230 g/mol. The summed E-state index contributed by atoms with van der Waals surface area (Å²) < 4.78 is 4.89. The van der Waals surface area contributed by atoms with Gasteiger partial charge >= 0.3 is 5.88 Å². The molecule has 0 amide bonds. The summed E-state index contributed by atoms with van der Waals surface area (Å²) in [5.41, 5.74) is -1.21. The Morgan fingerprint density at radius 3 is 2.81 bits per heavy atom. The number of furan rings is 1. The summed E-state index contributed by atoms with van der Waals surface area (Å²) in [7, 11) is 0. The van der Waals surface area contributed by atoms with Crippen molar-refractivity contribution in [1.82, 2.24) is 5.32 Å². The first kappa shape index (κ1) is 12.6. The van der Waals surface area contributed by atoms with Crippen molar-refractivity contribution < 1.29 is 19.6 Å². The minimum absolute atomic E-state index is 0.165. The van der Waals surface area contributed by atoms with Crippen molar-refractivity contribution in [3.05, 3.63) is 28.0 Å². The molecule has 90 valence electrons. The maximum atomic E-state index is 10.3. The van der Waals surface area contributed by atoms with Gasteiger partial charge in [0.05, 0.1) is 24.8 Å². The van der Waals surface area contributed by atoms with Crippen LogP contribution in [0.5, 0.6) is 0 Å². The standard InChI is InChI=1S/C9H14N2O5/c1-9(13,6-12)5-10-4-7-2-3-8(16-7)11(14)15/h2-3,10,12-13H,4-6H2,1H3. The molecule has 1 atom stereocenters. The van der Waals surface area contributed by atoms with Crippen LogP contribution in [0.3, 0.4) is 0 Å². The van der Waals surface area contributed by atoms with Crippen LogP contribution in [0.15, 0.2) is 16.5 Å². The number of rotatable bonds is 6. The van der Waals surface area contributed by atoms with Crippen LogP contribution in [0.4, 0.5) is 5.88 Å². The molecular formula is C9H14N2O5. The molecule has 3 N–H and O–H groups in total. The van der Waals surface area contributed by atoms with Crippen molar-refractivity contribution in [3.8, 4) is 0 Å². The van der Waals surface area contributed by atoms with Gasteiger partial charge in [0.25, 0.3) is 0 Å². The third-order valence-corrected chi connectivity index (χ3v) is 1.97. The van der Waals surface area contributed by atoms with Gasteiger partial charge in [0, 0.05) is 6.54 Å². The highest BCUT2D eigenvalue weighted by atomic mass is 16.6. The number of nitrogens with zero attached hydrogens (tertiary/aromatic N) is 1. The van der Waals surface area contributed by atoms with Crippen molar-refractivity contribution in [2.45, 2.75) is 19.1 Å². The van der Waals surface area contributed by atoms with E-state index in [1.165, 1.54) is 19.1 Å². The highest BCUT2D eigenvalue weighted by molar-refractivity contribution is 5.17. The predicted molar refractivity (Wildman–Crippen MR) is 54.8 cm³/mol. The van der Waals surface area contributed by atoms with Crippen LogP contribution < -0.4 is 5.32 Å². The van der Waals surface area contributed by atoms with E-state index in [4.69, 9.17) is 9.52 Å². The zero-order valence-electron chi connectivity index (χ0n) is 8.84. The van der Waals surface area contributed by atoms with Crippen molar-refractivity contribution >= 4 is 5.88 Å². The minimum atomic E-state index is -1.21. The van der Waals surface area contributed by atoms with E-state index in [0.717, 1.165) is 0 Å². The predicted octanol–water partition coefficient (Wildman–Crippen LogP) is 0.0207. The van der Waals surface area contributed by atoms with E-state index in [2.05, 4.69) is 5.32 Å². The first-order valence-electron chi connectivity index (χ1n) is 4.72. The minimum Gasteiger partial charge on any atom is -0.404 e. The monoisotopic (exact) mass is 230 g/mol. The zero-order chi connectivity index (χ0) is 12.2. The molecule has 1 heterocycles. The number of hydrogen-bond donors (Lipinski definition) is 3. The topological polar surface area (TPSA) is 109 Å². The summed E-state index contributed by atoms with van der Waals surface area (Å²) >= 11 is 0. The smallest absolute Gasteiger partial charge is 0.404 e. The van der Waals surface area contributed by atoms with Gasteiger partial charge in [-0.2, -0.15) is 0 Å². The van der Waals surface area contributed by atoms with Gasteiger partial charge < -0.3 is 19.9 Å². The molecule has 0 radical (unpaired) electrons. The fourth-order valence-corrected chi connectivity index (χ4v) is 1.07. The Morgan fingerprint density at radius 2 is 2.31 bits per heavy atom. The van der Waals surface area contributed by atoms with Crippen LogP contribution >= 0.6 is 0 Å². The lowest BCUT2D eigenvalue weighted by Crippen LogP contribution is -2.40. The van der Waals surface area contributed by atoms with Gasteiger partial charge in [0.15, 0.2) is 0 Å². The van der Waals surface area contributed by atoms with Crippen molar-refractivity contribution in [3.63, 3.8) is 0 Å². The molecule has 1 unspecified atom stereocenters. The Balaban J connectivity index is 2.40. The van der Waals surface area contributed by atoms with E-state index in [0.29, 0.717) is 5.76 Å². The molecule has 7 heteroatoms. The van der Waals surface area contributed by atoms with E-state index in [9.17, 15) is 15.2 Å². The van der Waals surface area contributed by atoms with Crippen molar-refractivity contribution in [1.29, 1.82) is 0 Å². The maximum absolute atomic E-state index is 10.3. The molecular weight excluding hydrogens is 216 g/mol. The van der Waals surface area contributed by atoms with Crippen LogP contribution in [0.1, 0.15) is 12.7 Å². The maximum Gasteiger partial charge on any atom is 0.433 e. The van der Waals surface area contributed by atoms with E-state index in [1.54, 1.807) is 0 Å². The molecule has 16 heavy (non-hydrogen) atoms. The fourth-order valence-electron chi connectivity index (χ4n) is 1.07. The molecule has 0 saturated heterocycles. The van der Waals surface area contributed by atoms with E-state index in [-0.39, 0.29) is 25.6 Å². The molecule has 1 rings (SSSR count). The Morgan fingerprint density at radius 1 is 1.62 bits per heavy atom. The second kappa shape index (κ2) is 5.06. The number of aliphatic hydroxyl groups is 2. The van der Waals surface area contributed by atoms with Crippen LogP contribution in [0, 0.1) is 10.1 Å². The van der Waals surface area contributed by atoms with Crippen molar-refractivity contribution in [2.24, 2.45) is 0 Å². The zero-order valence-corrected chi connectivity index (χ0v) is 8.84. The van der Waals surface area contributed by atoms with Gasteiger partial charge in [-0.15, -0.1) is 0 Å². The number of hydrogen-bond acceptors (Lipinski definition) is 6. The molecule has 7 nitrogen and oxygen atoms in total. The molecule has 1 aromatic heterocycles. The van der Waals surface area contributed by atoms with Gasteiger partial charge in [0.1, 0.15) is 10.7 Å². The molecule has 0 saturated carbocycles. The highest BCUT2D eigenvalue weighted by Crippen LogP contribution is 2.15. The first-order valence-corrected chi connectivity index (χ1v) is 4.72.